The Hall–Kier alpha value is -1.33. The smallest absolute Gasteiger partial charge is 0.116 e. The van der Waals surface area contributed by atoms with Crippen LogP contribution in [0.1, 0.15) is 23.8 Å². The number of nitrogens with zero attached hydrogens (tertiary/aromatic N) is 3. The largest absolute Gasteiger partial charge is 0.381 e. The summed E-state index contributed by atoms with van der Waals surface area (Å²) in [7, 11) is 0. The lowest BCUT2D eigenvalue weighted by atomic mass is 10.0. The van der Waals surface area contributed by atoms with Crippen molar-refractivity contribution in [3.63, 3.8) is 0 Å². The van der Waals surface area contributed by atoms with Crippen molar-refractivity contribution in [2.24, 2.45) is 0 Å². The van der Waals surface area contributed by atoms with Crippen molar-refractivity contribution in [3.8, 4) is 10.6 Å². The van der Waals surface area contributed by atoms with Crippen LogP contribution in [0.5, 0.6) is 0 Å². The number of thiazole rings is 1. The highest BCUT2D eigenvalue weighted by molar-refractivity contribution is 7.15. The molecule has 0 spiro atoms. The van der Waals surface area contributed by atoms with Gasteiger partial charge in [0.25, 0.3) is 0 Å². The highest BCUT2D eigenvalue weighted by Gasteiger charge is 2.19. The van der Waals surface area contributed by atoms with Crippen LogP contribution in [0.25, 0.3) is 10.6 Å². The van der Waals surface area contributed by atoms with Crippen LogP contribution < -0.4 is 0 Å². The molecule has 2 aromatic rings. The molecule has 0 unspecified atom stereocenters. The van der Waals surface area contributed by atoms with Gasteiger partial charge >= 0.3 is 0 Å². The summed E-state index contributed by atoms with van der Waals surface area (Å²) in [4.78, 5) is 13.8. The van der Waals surface area contributed by atoms with E-state index in [1.165, 1.54) is 5.01 Å². The van der Waals surface area contributed by atoms with Crippen molar-refractivity contribution >= 4 is 11.3 Å². The first-order valence-electron chi connectivity index (χ1n) is 5.73. The minimum absolute atomic E-state index is 0.560. The van der Waals surface area contributed by atoms with E-state index in [4.69, 9.17) is 4.74 Å². The van der Waals surface area contributed by atoms with Crippen molar-refractivity contribution < 1.29 is 4.74 Å². The van der Waals surface area contributed by atoms with Crippen LogP contribution in [-0.4, -0.2) is 28.2 Å². The molecule has 1 saturated heterocycles. The van der Waals surface area contributed by atoms with E-state index >= 15 is 0 Å². The lowest BCUT2D eigenvalue weighted by Crippen LogP contribution is -2.13. The second-order valence-corrected chi connectivity index (χ2v) is 5.11. The molecule has 0 radical (unpaired) electrons. The molecule has 17 heavy (non-hydrogen) atoms. The van der Waals surface area contributed by atoms with Gasteiger partial charge in [-0.05, 0) is 18.9 Å². The van der Waals surface area contributed by atoms with Crippen molar-refractivity contribution in [3.05, 3.63) is 29.8 Å². The lowest BCUT2D eigenvalue weighted by Gasteiger charge is -2.19. The summed E-state index contributed by atoms with van der Waals surface area (Å²) in [6.07, 6.45) is 7.41. The van der Waals surface area contributed by atoms with Gasteiger partial charge in [-0.25, -0.2) is 15.0 Å². The van der Waals surface area contributed by atoms with Gasteiger partial charge in [-0.15, -0.1) is 11.3 Å². The molecule has 0 saturated carbocycles. The molecule has 0 amide bonds. The fraction of sp³-hybridized carbons (Fsp3) is 0.417. The maximum Gasteiger partial charge on any atom is 0.116 e. The Morgan fingerprint density at radius 3 is 2.88 bits per heavy atom. The van der Waals surface area contributed by atoms with Crippen LogP contribution in [0.2, 0.25) is 0 Å². The first kappa shape index (κ1) is 10.8. The third-order valence-electron chi connectivity index (χ3n) is 2.93. The SMILES string of the molecule is c1cc(-c2cnc(C3CCOCC3)s2)ncn1. The van der Waals surface area contributed by atoms with E-state index in [-0.39, 0.29) is 0 Å². The van der Waals surface area contributed by atoms with Gasteiger partial charge in [0.1, 0.15) is 6.33 Å². The monoisotopic (exact) mass is 247 g/mol. The van der Waals surface area contributed by atoms with E-state index < -0.39 is 0 Å². The predicted octanol–water partition coefficient (Wildman–Crippen LogP) is 2.49. The molecular formula is C12H13N3OS. The molecule has 0 aromatic carbocycles. The summed E-state index contributed by atoms with van der Waals surface area (Å²) in [5.41, 5.74) is 0.954. The van der Waals surface area contributed by atoms with Crippen molar-refractivity contribution in [2.45, 2.75) is 18.8 Å². The van der Waals surface area contributed by atoms with E-state index in [0.717, 1.165) is 36.6 Å². The number of hydrogen-bond donors (Lipinski definition) is 0. The van der Waals surface area contributed by atoms with Crippen LogP contribution >= 0.6 is 11.3 Å². The summed E-state index contributed by atoms with van der Waals surface area (Å²) in [5.74, 6) is 0.560. The van der Waals surface area contributed by atoms with E-state index in [1.807, 2.05) is 12.3 Å². The maximum absolute atomic E-state index is 5.37. The van der Waals surface area contributed by atoms with E-state index in [1.54, 1.807) is 23.9 Å². The summed E-state index contributed by atoms with van der Waals surface area (Å²) >= 11 is 1.74. The average Bonchev–Trinajstić information content (AvgIpc) is 2.90. The number of rotatable bonds is 2. The minimum Gasteiger partial charge on any atom is -0.381 e. The number of aromatic nitrogens is 3. The van der Waals surface area contributed by atoms with Crippen molar-refractivity contribution in [2.75, 3.05) is 13.2 Å². The molecule has 1 aliphatic heterocycles. The molecule has 1 aliphatic rings. The molecule has 4 nitrogen and oxygen atoms in total. The molecule has 0 N–H and O–H groups in total. The topological polar surface area (TPSA) is 47.9 Å². The van der Waals surface area contributed by atoms with Crippen LogP contribution in [0.4, 0.5) is 0 Å². The first-order valence-corrected chi connectivity index (χ1v) is 6.55. The van der Waals surface area contributed by atoms with Crippen LogP contribution in [0.15, 0.2) is 24.8 Å². The van der Waals surface area contributed by atoms with Gasteiger partial charge < -0.3 is 4.74 Å². The molecular weight excluding hydrogens is 234 g/mol. The van der Waals surface area contributed by atoms with Gasteiger partial charge in [-0.1, -0.05) is 0 Å². The van der Waals surface area contributed by atoms with Crippen LogP contribution in [0, 0.1) is 0 Å². The van der Waals surface area contributed by atoms with Gasteiger partial charge in [0.2, 0.25) is 0 Å². The Kier molecular flexibility index (Phi) is 3.11. The summed E-state index contributed by atoms with van der Waals surface area (Å²) in [6.45, 7) is 1.71. The molecule has 3 heterocycles. The third kappa shape index (κ3) is 2.35. The normalized spacial score (nSPS) is 17.2. The molecule has 88 valence electrons. The Bertz CT molecular complexity index is 480. The van der Waals surface area contributed by atoms with Crippen LogP contribution in [0.3, 0.4) is 0 Å². The Morgan fingerprint density at radius 2 is 2.12 bits per heavy atom. The fourth-order valence-corrected chi connectivity index (χ4v) is 3.04. The Morgan fingerprint density at radius 1 is 1.24 bits per heavy atom. The van der Waals surface area contributed by atoms with Gasteiger partial charge in [-0.2, -0.15) is 0 Å². The summed E-state index contributed by atoms with van der Waals surface area (Å²) < 4.78 is 5.37. The fourth-order valence-electron chi connectivity index (χ4n) is 1.98. The van der Waals surface area contributed by atoms with Gasteiger partial charge in [0, 0.05) is 31.5 Å². The Labute approximate surface area is 104 Å². The number of hydrogen-bond acceptors (Lipinski definition) is 5. The molecule has 5 heteroatoms. The third-order valence-corrected chi connectivity index (χ3v) is 4.11. The lowest BCUT2D eigenvalue weighted by molar-refractivity contribution is 0.0853. The molecule has 1 fully saturated rings. The summed E-state index contributed by atoms with van der Waals surface area (Å²) in [5, 5.41) is 1.21. The molecule has 0 aliphatic carbocycles. The maximum atomic E-state index is 5.37. The second-order valence-electron chi connectivity index (χ2n) is 4.04. The quantitative estimate of drug-likeness (QED) is 0.818. The molecule has 0 atom stereocenters. The van der Waals surface area contributed by atoms with Crippen LogP contribution in [-0.2, 0) is 4.74 Å². The molecule has 3 rings (SSSR count). The Balaban J connectivity index is 1.83. The minimum atomic E-state index is 0.560. The highest BCUT2D eigenvalue weighted by Crippen LogP contribution is 2.33. The van der Waals surface area contributed by atoms with Crippen molar-refractivity contribution in [1.82, 2.24) is 15.0 Å². The second kappa shape index (κ2) is 4.89. The zero-order valence-electron chi connectivity index (χ0n) is 9.37. The average molecular weight is 247 g/mol. The molecule has 0 bridgehead atoms. The van der Waals surface area contributed by atoms with E-state index in [9.17, 15) is 0 Å². The van der Waals surface area contributed by atoms with Gasteiger partial charge in [-0.3, -0.25) is 0 Å². The zero-order valence-corrected chi connectivity index (χ0v) is 10.2. The molecule has 2 aromatic heterocycles. The summed E-state index contributed by atoms with van der Waals surface area (Å²) in [6, 6.07) is 1.92. The predicted molar refractivity (Wildman–Crippen MR) is 65.9 cm³/mol. The first-order chi connectivity index (χ1) is 8.43. The zero-order chi connectivity index (χ0) is 11.5. The van der Waals surface area contributed by atoms with E-state index in [0.29, 0.717) is 5.92 Å². The number of ether oxygens (including phenoxy) is 1. The standard InChI is InChI=1S/C12H13N3OS/c1-4-13-8-15-10(1)11-7-14-12(17-11)9-2-5-16-6-3-9/h1,4,7-9H,2-3,5-6H2. The van der Waals surface area contributed by atoms with E-state index in [2.05, 4.69) is 15.0 Å². The van der Waals surface area contributed by atoms with Crippen molar-refractivity contribution in [1.29, 1.82) is 0 Å². The van der Waals surface area contributed by atoms with Gasteiger partial charge in [0.05, 0.1) is 15.6 Å². The van der Waals surface area contributed by atoms with Gasteiger partial charge in [0.15, 0.2) is 0 Å². The highest BCUT2D eigenvalue weighted by atomic mass is 32.1.